The second-order valence-corrected chi connectivity index (χ2v) is 6.63. The lowest BCUT2D eigenvalue weighted by molar-refractivity contribution is -0.255. The van der Waals surface area contributed by atoms with E-state index in [1.165, 1.54) is 13.0 Å². The summed E-state index contributed by atoms with van der Waals surface area (Å²) < 4.78 is 5.61. The molecule has 5 nitrogen and oxygen atoms in total. The Morgan fingerprint density at radius 3 is 2.63 bits per heavy atom. The molecule has 0 bridgehead atoms. The minimum absolute atomic E-state index is 0.00273. The number of carbonyl (C=O) groups excluding carboxylic acids is 1. The molecule has 3 aliphatic rings. The van der Waals surface area contributed by atoms with Crippen LogP contribution in [-0.2, 0) is 9.53 Å². The van der Waals surface area contributed by atoms with Gasteiger partial charge in [0.25, 0.3) is 0 Å². The van der Waals surface area contributed by atoms with E-state index in [9.17, 15) is 20.1 Å². The second kappa shape index (κ2) is 3.47. The van der Waals surface area contributed by atoms with Gasteiger partial charge in [0.05, 0.1) is 23.2 Å². The summed E-state index contributed by atoms with van der Waals surface area (Å²) in [4.78, 5) is 12.5. The van der Waals surface area contributed by atoms with E-state index in [4.69, 9.17) is 4.74 Å². The maximum absolute atomic E-state index is 12.5. The second-order valence-electron chi connectivity index (χ2n) is 6.63. The number of hydrogen-bond donors (Lipinski definition) is 3. The lowest BCUT2D eigenvalue weighted by Crippen LogP contribution is -2.57. The normalized spacial score (nSPS) is 50.8. The first-order chi connectivity index (χ1) is 8.65. The third-order valence-corrected chi connectivity index (χ3v) is 4.93. The van der Waals surface area contributed by atoms with Gasteiger partial charge in [0.2, 0.25) is 11.6 Å². The molecule has 19 heavy (non-hydrogen) atoms. The zero-order chi connectivity index (χ0) is 14.2. The zero-order valence-electron chi connectivity index (χ0n) is 11.4. The van der Waals surface area contributed by atoms with Crippen molar-refractivity contribution < 1.29 is 24.9 Å². The molecule has 0 aromatic rings. The number of ketones is 1. The van der Waals surface area contributed by atoms with E-state index in [0.717, 1.165) is 0 Å². The SMILES string of the molecule is CC(O)/C=C1\C[C@H](O)[C@]23C[C@H]2C(C)(C)O[C@]3(O)C1=O. The average Bonchev–Trinajstić information content (AvgIpc) is 2.97. The maximum Gasteiger partial charge on any atom is 0.240 e. The van der Waals surface area contributed by atoms with Crippen molar-refractivity contribution in [2.75, 3.05) is 0 Å². The third-order valence-electron chi connectivity index (χ3n) is 4.93. The first-order valence-electron chi connectivity index (χ1n) is 6.69. The first kappa shape index (κ1) is 13.2. The highest BCUT2D eigenvalue weighted by Gasteiger charge is 2.84. The van der Waals surface area contributed by atoms with Crippen molar-refractivity contribution in [2.45, 2.75) is 57.2 Å². The van der Waals surface area contributed by atoms with Crippen LogP contribution in [0.15, 0.2) is 11.6 Å². The molecule has 0 aromatic heterocycles. The highest BCUT2D eigenvalue weighted by atomic mass is 16.7. The Morgan fingerprint density at radius 1 is 1.47 bits per heavy atom. The molecule has 1 unspecified atom stereocenters. The number of rotatable bonds is 1. The Hall–Kier alpha value is -0.750. The maximum atomic E-state index is 12.5. The minimum atomic E-state index is -1.94. The van der Waals surface area contributed by atoms with Gasteiger partial charge in [0.1, 0.15) is 0 Å². The van der Waals surface area contributed by atoms with Crippen LogP contribution in [0.1, 0.15) is 33.6 Å². The smallest absolute Gasteiger partial charge is 0.240 e. The van der Waals surface area contributed by atoms with Gasteiger partial charge in [-0.2, -0.15) is 0 Å². The molecule has 5 heteroatoms. The zero-order valence-corrected chi connectivity index (χ0v) is 11.4. The van der Waals surface area contributed by atoms with E-state index in [0.29, 0.717) is 6.42 Å². The van der Waals surface area contributed by atoms with E-state index < -0.39 is 34.8 Å². The van der Waals surface area contributed by atoms with Gasteiger partial charge in [-0.3, -0.25) is 4.79 Å². The number of ether oxygens (including phenoxy) is 1. The fourth-order valence-corrected chi connectivity index (χ4v) is 4.05. The average molecular weight is 268 g/mol. The lowest BCUT2D eigenvalue weighted by Gasteiger charge is -2.40. The Kier molecular flexibility index (Phi) is 2.42. The van der Waals surface area contributed by atoms with Crippen LogP contribution in [-0.4, -0.2) is 44.7 Å². The molecular weight excluding hydrogens is 248 g/mol. The number of carbonyl (C=O) groups is 1. The van der Waals surface area contributed by atoms with E-state index in [1.54, 1.807) is 0 Å². The van der Waals surface area contributed by atoms with Gasteiger partial charge in [-0.05, 0) is 33.3 Å². The van der Waals surface area contributed by atoms with Gasteiger partial charge in [-0.15, -0.1) is 0 Å². The highest BCUT2D eigenvalue weighted by molar-refractivity contribution is 6.03. The van der Waals surface area contributed by atoms with Crippen LogP contribution in [0.5, 0.6) is 0 Å². The van der Waals surface area contributed by atoms with E-state index in [2.05, 4.69) is 0 Å². The van der Waals surface area contributed by atoms with Crippen LogP contribution in [0.3, 0.4) is 0 Å². The quantitative estimate of drug-likeness (QED) is 0.588. The Balaban J connectivity index is 2.05. The fourth-order valence-electron chi connectivity index (χ4n) is 4.05. The Labute approximate surface area is 111 Å². The molecule has 3 rings (SSSR count). The van der Waals surface area contributed by atoms with Crippen molar-refractivity contribution in [3.63, 3.8) is 0 Å². The summed E-state index contributed by atoms with van der Waals surface area (Å²) in [6, 6.07) is 0. The summed E-state index contributed by atoms with van der Waals surface area (Å²) in [5.74, 6) is -2.46. The van der Waals surface area contributed by atoms with Crippen molar-refractivity contribution >= 4 is 5.78 Å². The molecule has 0 radical (unpaired) electrons. The van der Waals surface area contributed by atoms with Gasteiger partial charge in [0, 0.05) is 17.9 Å². The third kappa shape index (κ3) is 1.41. The van der Waals surface area contributed by atoms with E-state index in [-0.39, 0.29) is 17.9 Å². The molecule has 0 aromatic carbocycles. The minimum Gasteiger partial charge on any atom is -0.392 e. The number of aliphatic hydroxyl groups excluding tert-OH is 2. The van der Waals surface area contributed by atoms with Gasteiger partial charge in [-0.1, -0.05) is 0 Å². The van der Waals surface area contributed by atoms with Gasteiger partial charge >= 0.3 is 0 Å². The van der Waals surface area contributed by atoms with Crippen LogP contribution in [0.2, 0.25) is 0 Å². The monoisotopic (exact) mass is 268 g/mol. The number of aliphatic hydroxyl groups is 3. The van der Waals surface area contributed by atoms with Crippen molar-refractivity contribution in [3.05, 3.63) is 11.6 Å². The molecule has 1 aliphatic heterocycles. The van der Waals surface area contributed by atoms with Crippen molar-refractivity contribution in [1.82, 2.24) is 0 Å². The molecule has 0 amide bonds. The molecular formula is C14H20O5. The molecule has 2 aliphatic carbocycles. The molecule has 1 saturated heterocycles. The topological polar surface area (TPSA) is 87.0 Å². The standard InChI is InChI=1S/C14H20O5/c1-7(15)4-8-5-10(16)13-6-9(13)12(2,3)19-14(13,18)11(8)17/h4,7,9-10,15-16,18H,5-6H2,1-3H3/b8-4+/t7?,9-,10-,13-,14+/m0/s1. The molecule has 106 valence electrons. The van der Waals surface area contributed by atoms with Crippen LogP contribution in [0.4, 0.5) is 0 Å². The molecule has 5 atom stereocenters. The largest absolute Gasteiger partial charge is 0.392 e. The molecule has 1 spiro atoms. The van der Waals surface area contributed by atoms with Gasteiger partial charge in [-0.25, -0.2) is 0 Å². The molecule has 2 saturated carbocycles. The molecule has 3 fully saturated rings. The summed E-state index contributed by atoms with van der Waals surface area (Å²) in [7, 11) is 0. The van der Waals surface area contributed by atoms with Crippen LogP contribution in [0, 0.1) is 11.3 Å². The summed E-state index contributed by atoms with van der Waals surface area (Å²) in [5, 5.41) is 30.5. The van der Waals surface area contributed by atoms with Crippen LogP contribution < -0.4 is 0 Å². The predicted octanol–water partition coefficient (Wildman–Crippen LogP) is 0.131. The summed E-state index contributed by atoms with van der Waals surface area (Å²) in [6.45, 7) is 5.20. The van der Waals surface area contributed by atoms with Crippen molar-refractivity contribution in [2.24, 2.45) is 11.3 Å². The van der Waals surface area contributed by atoms with Gasteiger partial charge in [0.15, 0.2) is 0 Å². The number of Topliss-reactive ketones (excluding diaryl/α,β-unsaturated/α-hetero) is 1. The Morgan fingerprint density at radius 2 is 2.11 bits per heavy atom. The van der Waals surface area contributed by atoms with Gasteiger partial charge < -0.3 is 20.1 Å². The Bertz CT molecular complexity index is 480. The predicted molar refractivity (Wildman–Crippen MR) is 66.0 cm³/mol. The summed E-state index contributed by atoms with van der Waals surface area (Å²) in [6.07, 6.45) is 0.538. The highest BCUT2D eigenvalue weighted by Crippen LogP contribution is 2.75. The van der Waals surface area contributed by atoms with Crippen molar-refractivity contribution in [1.29, 1.82) is 0 Å². The molecule has 3 N–H and O–H groups in total. The number of hydrogen-bond acceptors (Lipinski definition) is 5. The van der Waals surface area contributed by atoms with Crippen molar-refractivity contribution in [3.8, 4) is 0 Å². The molecule has 1 heterocycles. The fraction of sp³-hybridized carbons (Fsp3) is 0.786. The van der Waals surface area contributed by atoms with E-state index in [1.807, 2.05) is 13.8 Å². The lowest BCUT2D eigenvalue weighted by atomic mass is 9.73. The summed E-state index contributed by atoms with van der Waals surface area (Å²) in [5.41, 5.74) is -1.23. The van der Waals surface area contributed by atoms with Crippen LogP contribution in [0.25, 0.3) is 0 Å². The van der Waals surface area contributed by atoms with Crippen LogP contribution >= 0.6 is 0 Å². The summed E-state index contributed by atoms with van der Waals surface area (Å²) >= 11 is 0. The van der Waals surface area contributed by atoms with E-state index >= 15 is 0 Å². The first-order valence-corrected chi connectivity index (χ1v) is 6.69.